The zero-order valence-electron chi connectivity index (χ0n) is 12.8. The molecule has 0 aromatic heterocycles. The molecule has 1 aromatic rings. The van der Waals surface area contributed by atoms with Crippen molar-refractivity contribution in [1.29, 1.82) is 0 Å². The Morgan fingerprint density at radius 3 is 1.89 bits per heavy atom. The molecule has 0 amide bonds. The average Bonchev–Trinajstić information content (AvgIpc) is 2.30. The van der Waals surface area contributed by atoms with Crippen LogP contribution in [0, 0.1) is 23.3 Å². The molecular formula is C17H24FSi. The van der Waals surface area contributed by atoms with Gasteiger partial charge in [-0.05, 0) is 34.8 Å². The molecule has 0 unspecified atom stereocenters. The standard InChI is InChI=1S/C17H24FSi/c1-13(2)19(14(3)4,15(5)6)12-11-16-7-9-17(18)10-8-16/h7,9-10,13-15H,1-6H3. The van der Waals surface area contributed by atoms with Gasteiger partial charge >= 0.3 is 0 Å². The van der Waals surface area contributed by atoms with Gasteiger partial charge in [0.1, 0.15) is 13.9 Å². The Morgan fingerprint density at radius 2 is 1.53 bits per heavy atom. The Bertz CT molecular complexity index is 439. The van der Waals surface area contributed by atoms with Crippen LogP contribution in [0.25, 0.3) is 0 Å². The number of hydrogen-bond donors (Lipinski definition) is 0. The van der Waals surface area contributed by atoms with E-state index in [1.165, 1.54) is 12.1 Å². The van der Waals surface area contributed by atoms with Crippen molar-refractivity contribution in [2.75, 3.05) is 0 Å². The van der Waals surface area contributed by atoms with E-state index in [0.29, 0.717) is 16.6 Å². The minimum Gasteiger partial charge on any atom is -0.207 e. The second-order valence-electron chi connectivity index (χ2n) is 6.07. The lowest BCUT2D eigenvalue weighted by Crippen LogP contribution is -2.43. The number of halogens is 1. The van der Waals surface area contributed by atoms with Crippen LogP contribution in [0.5, 0.6) is 0 Å². The third kappa shape index (κ3) is 3.48. The highest BCUT2D eigenvalue weighted by molar-refractivity contribution is 6.90. The van der Waals surface area contributed by atoms with Gasteiger partial charge < -0.3 is 0 Å². The third-order valence-corrected chi connectivity index (χ3v) is 10.3. The first-order chi connectivity index (χ1) is 8.80. The highest BCUT2D eigenvalue weighted by Gasteiger charge is 2.41. The molecule has 0 bridgehead atoms. The molecule has 0 N–H and O–H groups in total. The molecule has 0 heterocycles. The van der Waals surface area contributed by atoms with Gasteiger partial charge in [0.05, 0.1) is 0 Å². The van der Waals surface area contributed by atoms with Gasteiger partial charge in [0.2, 0.25) is 0 Å². The summed E-state index contributed by atoms with van der Waals surface area (Å²) in [6.07, 6.45) is 0. The molecule has 0 aliphatic rings. The Hall–Kier alpha value is -1.07. The molecule has 0 fully saturated rings. The van der Waals surface area contributed by atoms with Crippen molar-refractivity contribution in [2.45, 2.75) is 58.2 Å². The summed E-state index contributed by atoms with van der Waals surface area (Å²) in [5.41, 5.74) is 6.23. The monoisotopic (exact) mass is 275 g/mol. The smallest absolute Gasteiger partial charge is 0.146 e. The van der Waals surface area contributed by atoms with E-state index < -0.39 is 8.07 Å². The first kappa shape index (κ1) is 16.0. The van der Waals surface area contributed by atoms with E-state index in [-0.39, 0.29) is 5.82 Å². The van der Waals surface area contributed by atoms with E-state index in [4.69, 9.17) is 0 Å². The maximum atomic E-state index is 12.9. The predicted octanol–water partition coefficient (Wildman–Crippen LogP) is 5.20. The van der Waals surface area contributed by atoms with Gasteiger partial charge in [-0.15, -0.1) is 5.54 Å². The summed E-state index contributed by atoms with van der Waals surface area (Å²) >= 11 is 0. The fourth-order valence-electron chi connectivity index (χ4n) is 3.09. The van der Waals surface area contributed by atoms with Gasteiger partial charge in [0.25, 0.3) is 0 Å². The van der Waals surface area contributed by atoms with Crippen molar-refractivity contribution < 1.29 is 4.39 Å². The van der Waals surface area contributed by atoms with E-state index in [2.05, 4.69) is 59.1 Å². The lowest BCUT2D eigenvalue weighted by Gasteiger charge is -2.38. The highest BCUT2D eigenvalue weighted by Crippen LogP contribution is 2.40. The summed E-state index contributed by atoms with van der Waals surface area (Å²) in [5, 5.41) is 0. The molecule has 0 saturated heterocycles. The summed E-state index contributed by atoms with van der Waals surface area (Å²) in [4.78, 5) is 0. The SMILES string of the molecule is CC(C)[Si](C#Cc1[c]cc(F)cc1)(C(C)C)C(C)C. The van der Waals surface area contributed by atoms with Crippen LogP contribution < -0.4 is 0 Å². The Labute approximate surface area is 118 Å². The maximum absolute atomic E-state index is 12.9. The number of hydrogen-bond acceptors (Lipinski definition) is 0. The number of benzene rings is 1. The molecule has 1 aromatic carbocycles. The molecule has 0 saturated carbocycles. The minimum absolute atomic E-state index is 0.259. The van der Waals surface area contributed by atoms with Crippen molar-refractivity contribution in [3.63, 3.8) is 0 Å². The summed E-state index contributed by atoms with van der Waals surface area (Å²) in [6.45, 7) is 13.7. The molecule has 103 valence electrons. The highest BCUT2D eigenvalue weighted by atomic mass is 28.3. The van der Waals surface area contributed by atoms with Gasteiger partial charge in [0.15, 0.2) is 0 Å². The predicted molar refractivity (Wildman–Crippen MR) is 83.2 cm³/mol. The third-order valence-electron chi connectivity index (χ3n) is 4.05. The van der Waals surface area contributed by atoms with Gasteiger partial charge in [-0.2, -0.15) is 0 Å². The zero-order chi connectivity index (χ0) is 14.6. The molecule has 0 aliphatic carbocycles. The Balaban J connectivity index is 3.19. The molecule has 0 spiro atoms. The fraction of sp³-hybridized carbons (Fsp3) is 0.529. The van der Waals surface area contributed by atoms with Crippen molar-refractivity contribution in [3.8, 4) is 11.5 Å². The van der Waals surface area contributed by atoms with Crippen LogP contribution in [-0.2, 0) is 0 Å². The molecule has 19 heavy (non-hydrogen) atoms. The van der Waals surface area contributed by atoms with Crippen LogP contribution in [0.4, 0.5) is 4.39 Å². The average molecular weight is 275 g/mol. The van der Waals surface area contributed by atoms with E-state index in [0.717, 1.165) is 5.56 Å². The minimum atomic E-state index is -1.70. The van der Waals surface area contributed by atoms with Crippen molar-refractivity contribution in [3.05, 3.63) is 35.6 Å². The summed E-state index contributed by atoms with van der Waals surface area (Å²) < 4.78 is 12.9. The van der Waals surface area contributed by atoms with Crippen molar-refractivity contribution in [2.24, 2.45) is 0 Å². The second kappa shape index (κ2) is 6.39. The largest absolute Gasteiger partial charge is 0.207 e. The quantitative estimate of drug-likeness (QED) is 0.525. The van der Waals surface area contributed by atoms with Crippen molar-refractivity contribution in [1.82, 2.24) is 0 Å². The Morgan fingerprint density at radius 1 is 1.00 bits per heavy atom. The summed E-state index contributed by atoms with van der Waals surface area (Å²) in [6, 6.07) is 7.41. The molecule has 0 aliphatic heterocycles. The van der Waals surface area contributed by atoms with Crippen molar-refractivity contribution >= 4 is 8.07 Å². The molecular weight excluding hydrogens is 251 g/mol. The maximum Gasteiger partial charge on any atom is 0.146 e. The van der Waals surface area contributed by atoms with Crippen LogP contribution in [-0.4, -0.2) is 8.07 Å². The summed E-state index contributed by atoms with van der Waals surface area (Å²) in [5.74, 6) is 2.99. The number of rotatable bonds is 3. The van der Waals surface area contributed by atoms with Crippen LogP contribution in [0.1, 0.15) is 47.1 Å². The normalized spacial score (nSPS) is 11.9. The summed E-state index contributed by atoms with van der Waals surface area (Å²) in [7, 11) is -1.70. The van der Waals surface area contributed by atoms with E-state index in [1.54, 1.807) is 6.07 Å². The van der Waals surface area contributed by atoms with Gasteiger partial charge in [-0.25, -0.2) is 4.39 Å². The van der Waals surface area contributed by atoms with Gasteiger partial charge in [0, 0.05) is 11.6 Å². The second-order valence-corrected chi connectivity index (χ2v) is 11.6. The van der Waals surface area contributed by atoms with Crippen LogP contribution in [0.15, 0.2) is 18.2 Å². The first-order valence-corrected chi connectivity index (χ1v) is 9.24. The Kier molecular flexibility index (Phi) is 5.37. The first-order valence-electron chi connectivity index (χ1n) is 7.01. The van der Waals surface area contributed by atoms with E-state index in [9.17, 15) is 4.39 Å². The molecule has 1 radical (unpaired) electrons. The molecule has 1 rings (SSSR count). The topological polar surface area (TPSA) is 0 Å². The lowest BCUT2D eigenvalue weighted by molar-refractivity contribution is 0.627. The fourth-order valence-corrected chi connectivity index (χ4v) is 8.31. The van der Waals surface area contributed by atoms with E-state index in [1.807, 2.05) is 0 Å². The van der Waals surface area contributed by atoms with E-state index >= 15 is 0 Å². The molecule has 2 heteroatoms. The lowest BCUT2D eigenvalue weighted by atomic mass is 10.2. The van der Waals surface area contributed by atoms with Crippen LogP contribution in [0.2, 0.25) is 16.6 Å². The van der Waals surface area contributed by atoms with Crippen LogP contribution in [0.3, 0.4) is 0 Å². The van der Waals surface area contributed by atoms with Crippen LogP contribution >= 0.6 is 0 Å². The van der Waals surface area contributed by atoms with Gasteiger partial charge in [-0.3, -0.25) is 0 Å². The molecule has 0 nitrogen and oxygen atoms in total. The zero-order valence-corrected chi connectivity index (χ0v) is 13.8. The van der Waals surface area contributed by atoms with Gasteiger partial charge in [-0.1, -0.05) is 47.5 Å². The molecule has 0 atom stereocenters.